The molecule has 0 aliphatic heterocycles. The molecule has 0 radical (unpaired) electrons. The van der Waals surface area contributed by atoms with E-state index in [1.54, 1.807) is 11.1 Å². The van der Waals surface area contributed by atoms with Crippen LogP contribution in [0.3, 0.4) is 0 Å². The third-order valence-corrected chi connectivity index (χ3v) is 9.95. The molecular weight excluding hydrogens is 408 g/mol. The molecule has 4 heteroatoms. The molecule has 1 aromatic heterocycles. The number of rotatable bonds is 2. The largest absolute Gasteiger partial charge is 0.462 e. The van der Waals surface area contributed by atoms with Crippen LogP contribution in [0.1, 0.15) is 72.6 Å². The number of benzene rings is 1. The van der Waals surface area contributed by atoms with E-state index >= 15 is 0 Å². The molecule has 174 valence electrons. The van der Waals surface area contributed by atoms with Crippen LogP contribution in [0.2, 0.25) is 0 Å². The van der Waals surface area contributed by atoms with E-state index in [0.717, 1.165) is 36.6 Å². The molecular formula is C29H36N2O2. The lowest BCUT2D eigenvalue weighted by Crippen LogP contribution is -2.50. The van der Waals surface area contributed by atoms with Crippen molar-refractivity contribution in [3.05, 3.63) is 47.8 Å². The predicted molar refractivity (Wildman–Crippen MR) is 131 cm³/mol. The van der Waals surface area contributed by atoms with Gasteiger partial charge in [0.25, 0.3) is 0 Å². The van der Waals surface area contributed by atoms with E-state index in [4.69, 9.17) is 9.72 Å². The summed E-state index contributed by atoms with van der Waals surface area (Å²) in [5.41, 5.74) is 7.40. The van der Waals surface area contributed by atoms with Gasteiger partial charge in [0.15, 0.2) is 0 Å². The van der Waals surface area contributed by atoms with Gasteiger partial charge in [-0.1, -0.05) is 43.2 Å². The number of imidazole rings is 1. The number of hydrogen-bond acceptors (Lipinski definition) is 3. The van der Waals surface area contributed by atoms with Crippen LogP contribution in [-0.4, -0.2) is 21.6 Å². The Morgan fingerprint density at radius 3 is 2.70 bits per heavy atom. The molecule has 6 atom stereocenters. The van der Waals surface area contributed by atoms with Crippen molar-refractivity contribution in [2.75, 3.05) is 0 Å². The normalized spacial score (nSPS) is 37.9. The number of ether oxygens (including phenoxy) is 1. The highest BCUT2D eigenvalue weighted by atomic mass is 16.5. The summed E-state index contributed by atoms with van der Waals surface area (Å²) in [4.78, 5) is 16.3. The van der Waals surface area contributed by atoms with Crippen LogP contribution in [0.15, 0.2) is 47.8 Å². The summed E-state index contributed by atoms with van der Waals surface area (Å²) in [6.45, 7) is 8.95. The van der Waals surface area contributed by atoms with Gasteiger partial charge in [-0.2, -0.15) is 0 Å². The molecule has 4 aliphatic carbocycles. The van der Waals surface area contributed by atoms with Crippen LogP contribution >= 0.6 is 0 Å². The molecule has 6 rings (SSSR count). The molecule has 1 heterocycles. The van der Waals surface area contributed by atoms with E-state index < -0.39 is 0 Å². The second kappa shape index (κ2) is 7.32. The highest BCUT2D eigenvalue weighted by Gasteiger charge is 2.58. The first kappa shape index (κ1) is 21.2. The van der Waals surface area contributed by atoms with Gasteiger partial charge in [0.1, 0.15) is 12.4 Å². The monoisotopic (exact) mass is 444 g/mol. The van der Waals surface area contributed by atoms with Gasteiger partial charge in [-0.05, 0) is 80.8 Å². The van der Waals surface area contributed by atoms with Crippen molar-refractivity contribution in [1.29, 1.82) is 0 Å². The zero-order valence-corrected chi connectivity index (χ0v) is 20.4. The number of fused-ring (bicyclic) bond motifs is 6. The van der Waals surface area contributed by atoms with Gasteiger partial charge in [0.05, 0.1) is 11.0 Å². The SMILES string of the molecule is CC(=O)O[C@H]1CC[C@@]2(C)C(=CCC3C2CC[C@]2(C)C(n4cnc5ccccc54)=C(C)CC32)C1. The second-order valence-corrected chi connectivity index (χ2v) is 11.6. The molecule has 4 nitrogen and oxygen atoms in total. The van der Waals surface area contributed by atoms with E-state index in [1.807, 2.05) is 0 Å². The number of aromatic nitrogens is 2. The highest BCUT2D eigenvalue weighted by molar-refractivity contribution is 5.81. The summed E-state index contributed by atoms with van der Waals surface area (Å²) in [7, 11) is 0. The van der Waals surface area contributed by atoms with Crippen LogP contribution in [0.5, 0.6) is 0 Å². The molecule has 2 fully saturated rings. The summed E-state index contributed by atoms with van der Waals surface area (Å²) < 4.78 is 8.02. The first-order valence-electron chi connectivity index (χ1n) is 12.8. The minimum absolute atomic E-state index is 0.0729. The Morgan fingerprint density at radius 1 is 1.09 bits per heavy atom. The van der Waals surface area contributed by atoms with Crippen molar-refractivity contribution in [3.63, 3.8) is 0 Å². The van der Waals surface area contributed by atoms with Crippen LogP contribution < -0.4 is 0 Å². The Hall–Kier alpha value is -2.36. The van der Waals surface area contributed by atoms with E-state index in [-0.39, 0.29) is 22.9 Å². The summed E-state index contributed by atoms with van der Waals surface area (Å²) >= 11 is 0. The van der Waals surface area contributed by atoms with Gasteiger partial charge in [0.2, 0.25) is 0 Å². The Bertz CT molecular complexity index is 1190. The van der Waals surface area contributed by atoms with Gasteiger partial charge >= 0.3 is 5.97 Å². The van der Waals surface area contributed by atoms with E-state index in [2.05, 4.69) is 62.0 Å². The first-order valence-corrected chi connectivity index (χ1v) is 12.8. The lowest BCUT2D eigenvalue weighted by Gasteiger charge is -2.57. The molecule has 33 heavy (non-hydrogen) atoms. The maximum Gasteiger partial charge on any atom is 0.302 e. The van der Waals surface area contributed by atoms with Crippen molar-refractivity contribution in [1.82, 2.24) is 9.55 Å². The Labute approximate surface area is 197 Å². The fraction of sp³-hybridized carbons (Fsp3) is 0.586. The maximum atomic E-state index is 11.5. The van der Waals surface area contributed by atoms with Crippen LogP contribution in [0.25, 0.3) is 16.7 Å². The molecule has 0 spiro atoms. The van der Waals surface area contributed by atoms with E-state index in [0.29, 0.717) is 5.92 Å². The third-order valence-electron chi connectivity index (χ3n) is 9.95. The summed E-state index contributed by atoms with van der Waals surface area (Å²) in [5.74, 6) is 2.01. The summed E-state index contributed by atoms with van der Waals surface area (Å²) in [6.07, 6.45) is 12.7. The zero-order chi connectivity index (χ0) is 23.0. The van der Waals surface area contributed by atoms with Gasteiger partial charge in [-0.3, -0.25) is 4.79 Å². The number of nitrogens with zero attached hydrogens (tertiary/aromatic N) is 2. The fourth-order valence-corrected chi connectivity index (χ4v) is 8.49. The third kappa shape index (κ3) is 3.02. The van der Waals surface area contributed by atoms with Gasteiger partial charge in [-0.25, -0.2) is 4.98 Å². The summed E-state index contributed by atoms with van der Waals surface area (Å²) in [6, 6.07) is 8.54. The molecule has 0 bridgehead atoms. The standard InChI is InChI=1S/C29H36N2O2/c1-18-15-24-22-10-9-20-16-21(33-19(2)32)11-13-28(20,3)23(22)12-14-29(24,4)27(18)31-17-30-25-7-5-6-8-26(25)31/h5-9,17,21-24H,10-16H2,1-4H3/t21-,22?,23?,24?,28-,29-/m0/s1. The van der Waals surface area contributed by atoms with Crippen LogP contribution in [0.4, 0.5) is 0 Å². The van der Waals surface area contributed by atoms with Crippen molar-refractivity contribution < 1.29 is 9.53 Å². The smallest absolute Gasteiger partial charge is 0.302 e. The highest BCUT2D eigenvalue weighted by Crippen LogP contribution is 2.67. The van der Waals surface area contributed by atoms with Crippen molar-refractivity contribution in [2.24, 2.45) is 28.6 Å². The van der Waals surface area contributed by atoms with Gasteiger partial charge < -0.3 is 9.30 Å². The second-order valence-electron chi connectivity index (χ2n) is 11.6. The first-order chi connectivity index (χ1) is 15.8. The minimum Gasteiger partial charge on any atom is -0.462 e. The Morgan fingerprint density at radius 2 is 1.88 bits per heavy atom. The van der Waals surface area contributed by atoms with Gasteiger partial charge in [0, 0.05) is 24.5 Å². The number of hydrogen-bond donors (Lipinski definition) is 0. The topological polar surface area (TPSA) is 44.1 Å². The van der Waals surface area contributed by atoms with Crippen molar-refractivity contribution in [3.8, 4) is 0 Å². The number of allylic oxidation sites excluding steroid dienone is 3. The lowest BCUT2D eigenvalue weighted by molar-refractivity contribution is -0.148. The molecule has 3 unspecified atom stereocenters. The molecule has 0 N–H and O–H groups in total. The number of para-hydroxylation sites is 2. The molecule has 4 aliphatic rings. The number of esters is 1. The van der Waals surface area contributed by atoms with Crippen LogP contribution in [-0.2, 0) is 9.53 Å². The molecule has 0 saturated heterocycles. The van der Waals surface area contributed by atoms with E-state index in [1.165, 1.54) is 43.8 Å². The predicted octanol–water partition coefficient (Wildman–Crippen LogP) is 6.77. The Kier molecular flexibility index (Phi) is 4.70. The average molecular weight is 445 g/mol. The Balaban J connectivity index is 1.33. The quantitative estimate of drug-likeness (QED) is 0.379. The average Bonchev–Trinajstić information content (AvgIpc) is 3.30. The maximum absolute atomic E-state index is 11.5. The van der Waals surface area contributed by atoms with Crippen LogP contribution in [0, 0.1) is 28.6 Å². The summed E-state index contributed by atoms with van der Waals surface area (Å²) in [5, 5.41) is 0. The zero-order valence-electron chi connectivity index (χ0n) is 20.4. The van der Waals surface area contributed by atoms with Crippen molar-refractivity contribution in [2.45, 2.75) is 78.7 Å². The molecule has 1 aromatic carbocycles. The van der Waals surface area contributed by atoms with Crippen molar-refractivity contribution >= 4 is 22.7 Å². The van der Waals surface area contributed by atoms with E-state index in [9.17, 15) is 4.79 Å². The lowest BCUT2D eigenvalue weighted by atomic mass is 9.47. The number of carbonyl (C=O) groups is 1. The van der Waals surface area contributed by atoms with Gasteiger partial charge in [-0.15, -0.1) is 0 Å². The molecule has 2 saturated carbocycles. The molecule has 0 amide bonds. The molecule has 2 aromatic rings. The number of carbonyl (C=O) groups excluding carboxylic acids is 1. The minimum atomic E-state index is -0.140. The fourth-order valence-electron chi connectivity index (χ4n) is 8.49.